The number of aliphatic carboxylic acids is 4. The van der Waals surface area contributed by atoms with Gasteiger partial charge in [0.25, 0.3) is 0 Å². The normalized spacial score (nSPS) is 23.7. The largest absolute Gasteiger partial charge is 0.480 e. The fourth-order valence-electron chi connectivity index (χ4n) is 11.7. The molecule has 0 aliphatic carbocycles. The van der Waals surface area contributed by atoms with E-state index in [9.17, 15) is 73.3 Å². The Bertz CT molecular complexity index is 3560. The molecule has 4 aliphatic rings. The first kappa shape index (κ1) is 87.0. The van der Waals surface area contributed by atoms with Gasteiger partial charge in [0.05, 0.1) is 40.3 Å². The van der Waals surface area contributed by atoms with E-state index in [2.05, 4.69) is 33.8 Å². The summed E-state index contributed by atoms with van der Waals surface area (Å²) in [6.07, 6.45) is 7.77. The molecule has 1 aromatic carbocycles. The SMILES string of the molecule is Nc1ccccc1NS(=O)(=O)N1C[C@H](CCCB(O)O)[C@](N)(C(=O)O)C1.Nc1cccnc1NS(=O)(=O)N1C[C@H](CCCB(O)O)[C@](N)(C(=O)O)C1.Nc1ccncc1NS(=O)(=O)N1C[C@H](CCCB(O)O)[C@](N)(C(=O)O)C1.Nc1ncccc1NS(=O)(=O)N1C[C@H](CCCB(O)O)[C@](N)(C(=O)O)C1. The zero-order chi connectivity index (χ0) is 78.1. The van der Waals surface area contributed by atoms with Crippen LogP contribution in [-0.2, 0) is 60.0 Å². The number of para-hydroxylation sites is 2. The molecule has 4 fully saturated rings. The molecule has 0 amide bonds. The van der Waals surface area contributed by atoms with Crippen LogP contribution in [0.15, 0.2) is 79.4 Å². The van der Waals surface area contributed by atoms with Gasteiger partial charge in [-0.25, -0.2) is 9.97 Å². The second kappa shape index (κ2) is 36.6. The molecule has 8 atom stereocenters. The zero-order valence-electron chi connectivity index (χ0n) is 55.9. The number of pyridine rings is 3. The topological polar surface area (TPSA) is 756 Å². The highest BCUT2D eigenvalue weighted by atomic mass is 32.2. The lowest BCUT2D eigenvalue weighted by Crippen LogP contribution is -2.55. The van der Waals surface area contributed by atoms with E-state index in [1.807, 2.05) is 0 Å². The maximum absolute atomic E-state index is 12.6. The van der Waals surface area contributed by atoms with E-state index in [1.54, 1.807) is 18.2 Å². The number of nitrogens with two attached hydrogens (primary N) is 8. The van der Waals surface area contributed by atoms with Crippen molar-refractivity contribution in [2.75, 3.05) is 94.2 Å². The number of carbonyl (C=O) groups is 4. The van der Waals surface area contributed by atoms with Gasteiger partial charge in [-0.1, -0.05) is 37.8 Å². The quantitative estimate of drug-likeness (QED) is 0.0160. The number of benzene rings is 1. The number of nitrogen functional groups attached to an aromatic ring is 4. The first-order valence-corrected chi connectivity index (χ1v) is 37.6. The van der Waals surface area contributed by atoms with Crippen LogP contribution in [0.4, 0.5) is 45.8 Å². The third-order valence-corrected chi connectivity index (χ3v) is 23.5. The number of nitrogens with one attached hydrogen (secondary N) is 4. The van der Waals surface area contributed by atoms with Crippen LogP contribution in [0.1, 0.15) is 51.4 Å². The summed E-state index contributed by atoms with van der Waals surface area (Å²) in [6.45, 7) is -2.07. The number of carboxylic acids is 4. The molecule has 4 saturated heterocycles. The van der Waals surface area contributed by atoms with Crippen molar-refractivity contribution in [3.05, 3.63) is 79.4 Å². The molecular weight excluding hydrogens is 1460 g/mol. The predicted octanol–water partition coefficient (Wildman–Crippen LogP) is -6.25. The second-order valence-corrected chi connectivity index (χ2v) is 32.0. The molecule has 0 radical (unpaired) electrons. The van der Waals surface area contributed by atoms with E-state index >= 15 is 0 Å². The number of hydrogen-bond acceptors (Lipinski definition) is 31. The first-order valence-electron chi connectivity index (χ1n) is 31.8. The van der Waals surface area contributed by atoms with E-state index in [0.29, 0.717) is 25.7 Å². The molecule has 0 saturated carbocycles. The van der Waals surface area contributed by atoms with Gasteiger partial charge >= 0.3 is 93.2 Å². The van der Waals surface area contributed by atoms with Crippen LogP contribution in [-0.4, -0.2) is 253 Å². The maximum Gasteiger partial charge on any atom is 0.451 e. The van der Waals surface area contributed by atoms with Gasteiger partial charge in [-0.05, 0) is 93.4 Å². The minimum atomic E-state index is -4.12. The van der Waals surface area contributed by atoms with Crippen LogP contribution < -0.4 is 64.8 Å². The van der Waals surface area contributed by atoms with Gasteiger partial charge in [0.2, 0.25) is 0 Å². The zero-order valence-corrected chi connectivity index (χ0v) is 59.2. The molecule has 4 aromatic rings. The number of nitrogens with zero attached hydrogens (tertiary/aromatic N) is 7. The second-order valence-electron chi connectivity index (χ2n) is 25.3. The lowest BCUT2D eigenvalue weighted by molar-refractivity contribution is -0.145. The van der Waals surface area contributed by atoms with Gasteiger partial charge in [-0.2, -0.15) is 50.9 Å². The van der Waals surface area contributed by atoms with Gasteiger partial charge < -0.3 is 106 Å². The third-order valence-electron chi connectivity index (χ3n) is 17.8. The molecule has 0 bridgehead atoms. The summed E-state index contributed by atoms with van der Waals surface area (Å²) in [4.78, 5) is 57.9. The van der Waals surface area contributed by atoms with E-state index in [0.717, 1.165) is 17.2 Å². The number of hydrogen-bond donors (Lipinski definition) is 24. The van der Waals surface area contributed by atoms with Gasteiger partial charge in [0.1, 0.15) is 28.0 Å². The Morgan fingerprint density at radius 3 is 1.04 bits per heavy atom. The highest BCUT2D eigenvalue weighted by Gasteiger charge is 2.56. The molecule has 51 heteroatoms. The lowest BCUT2D eigenvalue weighted by atomic mass is 9.78. The van der Waals surface area contributed by atoms with Crippen molar-refractivity contribution in [2.24, 2.45) is 46.6 Å². The van der Waals surface area contributed by atoms with Crippen molar-refractivity contribution in [3.63, 3.8) is 0 Å². The van der Waals surface area contributed by atoms with Crippen LogP contribution in [0.3, 0.4) is 0 Å². The Hall–Kier alpha value is -7.63. The lowest BCUT2D eigenvalue weighted by Gasteiger charge is -2.25. The van der Waals surface area contributed by atoms with Gasteiger partial charge in [-0.15, -0.1) is 0 Å². The molecule has 0 unspecified atom stereocenters. The van der Waals surface area contributed by atoms with Crippen LogP contribution in [0.5, 0.6) is 0 Å². The average Bonchev–Trinajstić information content (AvgIpc) is 1.64. The van der Waals surface area contributed by atoms with Crippen LogP contribution in [0, 0.1) is 23.7 Å². The number of aromatic nitrogens is 3. The van der Waals surface area contributed by atoms with Gasteiger partial charge in [-0.3, -0.25) is 43.1 Å². The highest BCUT2D eigenvalue weighted by Crippen LogP contribution is 2.38. The monoisotopic (exact) mass is 1550 g/mol. The van der Waals surface area contributed by atoms with Crippen molar-refractivity contribution in [1.82, 2.24) is 32.2 Å². The summed E-state index contributed by atoms with van der Waals surface area (Å²) in [5, 5.41) is 109. The van der Waals surface area contributed by atoms with Crippen molar-refractivity contribution in [3.8, 4) is 0 Å². The molecular formula is C53H89B4N19O24S4. The Morgan fingerprint density at radius 2 is 0.712 bits per heavy atom. The van der Waals surface area contributed by atoms with Crippen molar-refractivity contribution >= 4 is 139 Å². The Morgan fingerprint density at radius 1 is 0.413 bits per heavy atom. The van der Waals surface area contributed by atoms with Crippen LogP contribution in [0.25, 0.3) is 0 Å². The minimum Gasteiger partial charge on any atom is -0.480 e. The molecule has 4 aliphatic heterocycles. The maximum atomic E-state index is 12.6. The molecule has 0 spiro atoms. The number of rotatable bonds is 32. The fraction of sp³-hybridized carbons (Fsp3) is 0.528. The molecule has 43 nitrogen and oxygen atoms in total. The molecule has 3 aromatic heterocycles. The van der Waals surface area contributed by atoms with E-state index in [4.69, 9.17) is 86.1 Å². The standard InChI is InChI=1S/C14H23BN4O6S.3C13H22BN5O6S/c16-11-5-1-2-6-12(11)18-26(24,25)19-8-10(4-3-7-15(22)23)14(17,9-19)13(20)21;15-11-10(4-2-6-17-11)18-26(24,25)19-7-9(3-1-5-14(22)23)13(16,8-19)12(20)21;15-10-4-2-6-17-11(10)18-26(24,25)19-7-9(3-1-5-14(22)23)13(16,8-19)12(20)21;15-10-3-5-17-6-11(10)18-26(24,25)19-7-9(2-1-4-14(22)23)13(16,8-19)12(20)21/h1-2,5-6,10,18,22-23H,3-4,7-9,16-17H2,(H,20,21);2,4,6,9,18,22-23H,1,3,5,7-8,16H2,(H2,15,17)(H,20,21);2,4,6,9,22-23H,1,3,5,7-8,15-16H2,(H,17,18)(H,20,21);3,5-6,9,18,22-23H,1-2,4,7-8,16H2,(H2,15,17)(H,20,21)/t10-,14-;3*9-,13-/m0000/s1. The summed E-state index contributed by atoms with van der Waals surface area (Å²) in [6, 6.07) is 13.7. The predicted molar refractivity (Wildman–Crippen MR) is 382 cm³/mol. The van der Waals surface area contributed by atoms with Crippen LogP contribution in [0.2, 0.25) is 25.3 Å². The van der Waals surface area contributed by atoms with Crippen molar-refractivity contribution in [1.29, 1.82) is 0 Å². The highest BCUT2D eigenvalue weighted by molar-refractivity contribution is 7.91. The van der Waals surface area contributed by atoms with E-state index in [-0.39, 0.29) is 123 Å². The van der Waals surface area contributed by atoms with Crippen molar-refractivity contribution < 1.29 is 113 Å². The van der Waals surface area contributed by atoms with Gasteiger partial charge in [0, 0.05) is 94.6 Å². The first-order chi connectivity index (χ1) is 48.2. The third kappa shape index (κ3) is 23.2. The smallest absolute Gasteiger partial charge is 0.451 e. The molecule has 32 N–H and O–H groups in total. The molecule has 104 heavy (non-hydrogen) atoms. The fourth-order valence-corrected chi connectivity index (χ4v) is 17.1. The van der Waals surface area contributed by atoms with Gasteiger partial charge in [0.15, 0.2) is 5.82 Å². The van der Waals surface area contributed by atoms with E-state index in [1.165, 1.54) is 61.2 Å². The summed E-state index contributed by atoms with van der Waals surface area (Å²) in [5.41, 5.74) is 40.5. The average molecular weight is 1550 g/mol. The Kier molecular flexibility index (Phi) is 30.6. The number of anilines is 8. The molecule has 8 rings (SSSR count). The van der Waals surface area contributed by atoms with Crippen LogP contribution >= 0.6 is 0 Å². The summed E-state index contributed by atoms with van der Waals surface area (Å²) >= 11 is 0. The van der Waals surface area contributed by atoms with Crippen molar-refractivity contribution in [2.45, 2.75) is 98.8 Å². The summed E-state index contributed by atoms with van der Waals surface area (Å²) in [5.74, 6) is -8.02. The minimum absolute atomic E-state index is 0.0130. The molecule has 7 heterocycles. The Balaban J connectivity index is 0.000000249. The number of carboxylic acid groups (broad SMARTS) is 4. The van der Waals surface area contributed by atoms with E-state index < -0.39 is 165 Å². The molecule has 576 valence electrons. The summed E-state index contributed by atoms with van der Waals surface area (Å²) in [7, 11) is -22.4. The summed E-state index contributed by atoms with van der Waals surface area (Å²) < 4.78 is 114. The Labute approximate surface area is 600 Å².